The number of fused-ring (bicyclic) bond motifs is 2. The van der Waals surface area contributed by atoms with E-state index in [2.05, 4.69) is 16.2 Å². The van der Waals surface area contributed by atoms with Crippen molar-refractivity contribution in [2.24, 2.45) is 5.73 Å². The van der Waals surface area contributed by atoms with E-state index in [1.807, 2.05) is 42.5 Å². The van der Waals surface area contributed by atoms with Crippen LogP contribution in [0.3, 0.4) is 0 Å². The summed E-state index contributed by atoms with van der Waals surface area (Å²) in [5, 5.41) is 2.12. The molecule has 1 aliphatic rings. The fourth-order valence-corrected chi connectivity index (χ4v) is 3.03. The first-order valence-electron chi connectivity index (χ1n) is 7.97. The maximum Gasteiger partial charge on any atom is 0.286 e. The smallest absolute Gasteiger partial charge is 0.286 e. The van der Waals surface area contributed by atoms with Gasteiger partial charge in [0, 0.05) is 17.7 Å². The standard InChI is InChI=1S/C19H15N4O2/c20-17(24)18-21-10-15-7-8-23(11-16(15)22-18)19(25)14-6-5-12-3-1-2-4-13(12)9-14/h1-6,9H,7-8,11H2,(H2,20,24). The number of nitrogens with zero attached hydrogens (tertiary/aromatic N) is 3. The molecule has 123 valence electrons. The summed E-state index contributed by atoms with van der Waals surface area (Å²) in [5.74, 6) is -0.827. The molecule has 1 aliphatic heterocycles. The Morgan fingerprint density at radius 2 is 1.92 bits per heavy atom. The first kappa shape index (κ1) is 15.3. The number of hydrogen-bond acceptors (Lipinski definition) is 4. The van der Waals surface area contributed by atoms with Crippen LogP contribution >= 0.6 is 0 Å². The molecule has 25 heavy (non-hydrogen) atoms. The van der Waals surface area contributed by atoms with Gasteiger partial charge in [-0.3, -0.25) is 9.59 Å². The van der Waals surface area contributed by atoms with Gasteiger partial charge in [0.25, 0.3) is 11.8 Å². The molecular formula is C19H15N4O2. The van der Waals surface area contributed by atoms with E-state index in [4.69, 9.17) is 5.73 Å². The molecule has 0 unspecified atom stereocenters. The molecule has 2 aromatic carbocycles. The van der Waals surface area contributed by atoms with Gasteiger partial charge < -0.3 is 10.6 Å². The van der Waals surface area contributed by atoms with E-state index in [9.17, 15) is 9.59 Å². The number of rotatable bonds is 2. The van der Waals surface area contributed by atoms with E-state index in [1.54, 1.807) is 4.90 Å². The number of benzene rings is 2. The van der Waals surface area contributed by atoms with Crippen molar-refractivity contribution < 1.29 is 9.59 Å². The second kappa shape index (κ2) is 5.98. The van der Waals surface area contributed by atoms with Crippen LogP contribution in [-0.2, 0) is 13.0 Å². The number of nitrogens with two attached hydrogens (primary N) is 1. The fourth-order valence-electron chi connectivity index (χ4n) is 3.03. The monoisotopic (exact) mass is 331 g/mol. The van der Waals surface area contributed by atoms with Gasteiger partial charge in [0.15, 0.2) is 0 Å². The zero-order valence-corrected chi connectivity index (χ0v) is 13.4. The maximum atomic E-state index is 12.9. The molecule has 4 rings (SSSR count). The minimum absolute atomic E-state index is 0.0596. The van der Waals surface area contributed by atoms with E-state index in [0.717, 1.165) is 16.3 Å². The summed E-state index contributed by atoms with van der Waals surface area (Å²) in [7, 11) is 0. The number of amides is 2. The molecule has 1 radical (unpaired) electrons. The normalized spacial score (nSPS) is 13.5. The number of hydrogen-bond donors (Lipinski definition) is 1. The summed E-state index contributed by atoms with van der Waals surface area (Å²) in [6.07, 6.45) is 3.42. The van der Waals surface area contributed by atoms with Crippen LogP contribution in [0.1, 0.15) is 32.2 Å². The lowest BCUT2D eigenvalue weighted by Crippen LogP contribution is -2.37. The van der Waals surface area contributed by atoms with Crippen LogP contribution in [0.2, 0.25) is 0 Å². The van der Waals surface area contributed by atoms with Crippen molar-refractivity contribution >= 4 is 22.6 Å². The summed E-state index contributed by atoms with van der Waals surface area (Å²) in [4.78, 5) is 33.8. The molecule has 0 bridgehead atoms. The average molecular weight is 331 g/mol. The maximum absolute atomic E-state index is 12.9. The van der Waals surface area contributed by atoms with Crippen molar-refractivity contribution in [2.45, 2.75) is 13.0 Å². The van der Waals surface area contributed by atoms with E-state index < -0.39 is 5.91 Å². The Balaban J connectivity index is 1.62. The molecule has 0 fully saturated rings. The fraction of sp³-hybridized carbons (Fsp3) is 0.158. The van der Waals surface area contributed by atoms with Crippen molar-refractivity contribution in [1.29, 1.82) is 0 Å². The first-order chi connectivity index (χ1) is 12.1. The lowest BCUT2D eigenvalue weighted by Gasteiger charge is -2.28. The Hall–Kier alpha value is -3.28. The highest BCUT2D eigenvalue weighted by molar-refractivity contribution is 5.98. The van der Waals surface area contributed by atoms with Gasteiger partial charge in [-0.15, -0.1) is 0 Å². The Kier molecular flexibility index (Phi) is 3.65. The lowest BCUT2D eigenvalue weighted by atomic mass is 10.0. The van der Waals surface area contributed by atoms with Gasteiger partial charge in [0.05, 0.1) is 18.4 Å². The van der Waals surface area contributed by atoms with Crippen LogP contribution < -0.4 is 5.73 Å². The van der Waals surface area contributed by atoms with Crippen LogP contribution in [0.4, 0.5) is 0 Å². The van der Waals surface area contributed by atoms with Gasteiger partial charge in [-0.25, -0.2) is 9.97 Å². The van der Waals surface area contributed by atoms with Gasteiger partial charge in [-0.2, -0.15) is 0 Å². The molecule has 0 aliphatic carbocycles. The summed E-state index contributed by atoms with van der Waals surface area (Å²) in [6, 6.07) is 13.6. The largest absolute Gasteiger partial charge is 0.363 e. The number of aromatic nitrogens is 2. The number of carbonyl (C=O) groups excluding carboxylic acids is 2. The quantitative estimate of drug-likeness (QED) is 0.774. The molecule has 1 aromatic heterocycles. The molecule has 6 heteroatoms. The molecule has 0 saturated heterocycles. The topological polar surface area (TPSA) is 89.2 Å². The number of primary amides is 1. The SMILES string of the molecule is NC(=O)c1n[c]c2c(n1)CN(C(=O)c1ccc3ccccc3c1)CC2. The lowest BCUT2D eigenvalue weighted by molar-refractivity contribution is 0.0731. The van der Waals surface area contributed by atoms with Gasteiger partial charge in [-0.05, 0) is 29.3 Å². The average Bonchev–Trinajstić information content (AvgIpc) is 2.66. The predicted molar refractivity (Wildman–Crippen MR) is 91.8 cm³/mol. The van der Waals surface area contributed by atoms with E-state index in [1.165, 1.54) is 0 Å². The molecule has 2 N–H and O–H groups in total. The third kappa shape index (κ3) is 2.82. The molecule has 6 nitrogen and oxygen atoms in total. The van der Waals surface area contributed by atoms with Crippen molar-refractivity contribution in [3.63, 3.8) is 0 Å². The summed E-state index contributed by atoms with van der Waals surface area (Å²) < 4.78 is 0. The zero-order chi connectivity index (χ0) is 17.4. The van der Waals surface area contributed by atoms with Gasteiger partial charge >= 0.3 is 0 Å². The second-order valence-electron chi connectivity index (χ2n) is 5.99. The summed E-state index contributed by atoms with van der Waals surface area (Å²) >= 11 is 0. The van der Waals surface area contributed by atoms with Crippen LogP contribution in [-0.4, -0.2) is 33.2 Å². The minimum atomic E-state index is -0.697. The highest BCUT2D eigenvalue weighted by Gasteiger charge is 2.24. The van der Waals surface area contributed by atoms with Crippen molar-refractivity contribution in [3.8, 4) is 0 Å². The Bertz CT molecular complexity index is 1000. The molecule has 0 atom stereocenters. The van der Waals surface area contributed by atoms with Gasteiger partial charge in [0.2, 0.25) is 5.82 Å². The van der Waals surface area contributed by atoms with E-state index in [-0.39, 0.29) is 11.7 Å². The second-order valence-corrected chi connectivity index (χ2v) is 5.99. The molecule has 0 spiro atoms. The predicted octanol–water partition coefficient (Wildman–Crippen LogP) is 1.73. The third-order valence-electron chi connectivity index (χ3n) is 4.36. The minimum Gasteiger partial charge on any atom is -0.363 e. The van der Waals surface area contributed by atoms with Crippen molar-refractivity contribution in [3.05, 3.63) is 71.3 Å². The zero-order valence-electron chi connectivity index (χ0n) is 13.4. The van der Waals surface area contributed by atoms with Crippen LogP contribution in [0, 0.1) is 6.20 Å². The number of carbonyl (C=O) groups is 2. The van der Waals surface area contributed by atoms with Crippen LogP contribution in [0.5, 0.6) is 0 Å². The summed E-state index contributed by atoms with van der Waals surface area (Å²) in [6.45, 7) is 0.884. The highest BCUT2D eigenvalue weighted by Crippen LogP contribution is 2.21. The summed E-state index contributed by atoms with van der Waals surface area (Å²) in [5.41, 5.74) is 7.31. The van der Waals surface area contributed by atoms with E-state index in [0.29, 0.717) is 30.8 Å². The first-order valence-corrected chi connectivity index (χ1v) is 7.97. The Morgan fingerprint density at radius 1 is 1.12 bits per heavy atom. The van der Waals surface area contributed by atoms with Crippen LogP contribution in [0.15, 0.2) is 42.5 Å². The van der Waals surface area contributed by atoms with Gasteiger partial charge in [0.1, 0.15) is 0 Å². The van der Waals surface area contributed by atoms with Crippen molar-refractivity contribution in [2.75, 3.05) is 6.54 Å². The van der Waals surface area contributed by atoms with Gasteiger partial charge in [-0.1, -0.05) is 30.3 Å². The molecule has 2 amide bonds. The molecular weight excluding hydrogens is 316 g/mol. The Labute approximate surface area is 144 Å². The Morgan fingerprint density at radius 3 is 2.72 bits per heavy atom. The molecule has 2 heterocycles. The molecule has 0 saturated carbocycles. The molecule has 3 aromatic rings. The third-order valence-corrected chi connectivity index (χ3v) is 4.36. The van der Waals surface area contributed by atoms with E-state index >= 15 is 0 Å². The highest BCUT2D eigenvalue weighted by atomic mass is 16.2. The van der Waals surface area contributed by atoms with Crippen molar-refractivity contribution in [1.82, 2.24) is 14.9 Å². The van der Waals surface area contributed by atoms with Crippen LogP contribution in [0.25, 0.3) is 10.8 Å².